The van der Waals surface area contributed by atoms with Gasteiger partial charge in [0.25, 0.3) is 0 Å². The Balaban J connectivity index is 1.95. The minimum absolute atomic E-state index is 0.472. The highest BCUT2D eigenvalue weighted by Crippen LogP contribution is 2.41. The summed E-state index contributed by atoms with van der Waals surface area (Å²) in [4.78, 5) is 0. The van der Waals surface area contributed by atoms with Gasteiger partial charge in [0.15, 0.2) is 0 Å². The van der Waals surface area contributed by atoms with Crippen molar-refractivity contribution in [3.05, 3.63) is 0 Å². The lowest BCUT2D eigenvalue weighted by Crippen LogP contribution is -2.04. The van der Waals surface area contributed by atoms with Crippen molar-refractivity contribution < 1.29 is 4.39 Å². The van der Waals surface area contributed by atoms with Crippen LogP contribution < -0.4 is 0 Å². The van der Waals surface area contributed by atoms with E-state index in [-0.39, 0.29) is 0 Å². The summed E-state index contributed by atoms with van der Waals surface area (Å²) in [7, 11) is 0. The minimum atomic E-state index is -0.472. The van der Waals surface area contributed by atoms with Crippen LogP contribution in [0.5, 0.6) is 0 Å². The van der Waals surface area contributed by atoms with Crippen molar-refractivity contribution in [2.24, 2.45) is 11.8 Å². The molecule has 0 N–H and O–H groups in total. The Labute approximate surface area is 68.2 Å². The maximum atomic E-state index is 13.0. The molecule has 2 atom stereocenters. The second-order valence-corrected chi connectivity index (χ2v) is 4.20. The van der Waals surface area contributed by atoms with Crippen molar-refractivity contribution in [3.63, 3.8) is 0 Å². The molecular weight excluding hydrogens is 139 g/mol. The molecule has 0 heterocycles. The standard InChI is InChI=1S/C10H17F/c11-10-6-4-8-2-1-3-9(8)5-7-10/h8-10H,1-7H2. The van der Waals surface area contributed by atoms with E-state index in [0.717, 1.165) is 24.7 Å². The highest BCUT2D eigenvalue weighted by Gasteiger charge is 2.30. The van der Waals surface area contributed by atoms with Crippen molar-refractivity contribution in [2.45, 2.75) is 51.1 Å². The van der Waals surface area contributed by atoms with Crippen LogP contribution in [0.3, 0.4) is 0 Å². The van der Waals surface area contributed by atoms with Gasteiger partial charge >= 0.3 is 0 Å². The van der Waals surface area contributed by atoms with Gasteiger partial charge < -0.3 is 0 Å². The number of alkyl halides is 1. The van der Waals surface area contributed by atoms with Crippen LogP contribution in [0.25, 0.3) is 0 Å². The maximum Gasteiger partial charge on any atom is 0.100 e. The van der Waals surface area contributed by atoms with Crippen molar-refractivity contribution in [1.82, 2.24) is 0 Å². The summed E-state index contributed by atoms with van der Waals surface area (Å²) in [6, 6.07) is 0. The molecule has 0 aromatic carbocycles. The molecule has 0 amide bonds. The average molecular weight is 156 g/mol. The van der Waals surface area contributed by atoms with Crippen molar-refractivity contribution in [1.29, 1.82) is 0 Å². The molecule has 1 heteroatoms. The lowest BCUT2D eigenvalue weighted by Gasteiger charge is -2.14. The van der Waals surface area contributed by atoms with E-state index in [2.05, 4.69) is 0 Å². The second kappa shape index (κ2) is 3.12. The highest BCUT2D eigenvalue weighted by atomic mass is 19.1. The van der Waals surface area contributed by atoms with Crippen molar-refractivity contribution in [3.8, 4) is 0 Å². The molecule has 0 saturated heterocycles. The third kappa shape index (κ3) is 1.57. The summed E-state index contributed by atoms with van der Waals surface area (Å²) in [5, 5.41) is 0. The highest BCUT2D eigenvalue weighted by molar-refractivity contribution is 4.81. The summed E-state index contributed by atoms with van der Waals surface area (Å²) < 4.78 is 13.0. The number of hydrogen-bond donors (Lipinski definition) is 0. The van der Waals surface area contributed by atoms with Gasteiger partial charge in [-0.1, -0.05) is 19.3 Å². The summed E-state index contributed by atoms with van der Waals surface area (Å²) in [6.45, 7) is 0. The number of rotatable bonds is 0. The number of halogens is 1. The molecule has 2 aliphatic carbocycles. The molecule has 2 saturated carbocycles. The van der Waals surface area contributed by atoms with E-state index in [1.165, 1.54) is 32.1 Å². The zero-order valence-electron chi connectivity index (χ0n) is 7.06. The van der Waals surface area contributed by atoms with Gasteiger partial charge in [-0.25, -0.2) is 4.39 Å². The Morgan fingerprint density at radius 1 is 0.727 bits per heavy atom. The van der Waals surface area contributed by atoms with Crippen LogP contribution in [0.15, 0.2) is 0 Å². The van der Waals surface area contributed by atoms with Crippen LogP contribution in [0.4, 0.5) is 4.39 Å². The topological polar surface area (TPSA) is 0 Å². The van der Waals surface area contributed by atoms with Crippen LogP contribution in [-0.4, -0.2) is 6.17 Å². The molecule has 64 valence electrons. The molecule has 2 fully saturated rings. The molecule has 0 bridgehead atoms. The van der Waals surface area contributed by atoms with Gasteiger partial charge in [0, 0.05) is 0 Å². The first-order chi connectivity index (χ1) is 5.36. The molecular formula is C10H17F. The van der Waals surface area contributed by atoms with Crippen LogP contribution in [0.1, 0.15) is 44.9 Å². The molecule has 0 radical (unpaired) electrons. The first-order valence-corrected chi connectivity index (χ1v) is 5.00. The molecule has 0 spiro atoms. The molecule has 11 heavy (non-hydrogen) atoms. The van der Waals surface area contributed by atoms with E-state index >= 15 is 0 Å². The van der Waals surface area contributed by atoms with E-state index in [1.54, 1.807) is 0 Å². The Morgan fingerprint density at radius 2 is 1.27 bits per heavy atom. The predicted octanol–water partition coefficient (Wildman–Crippen LogP) is 3.31. The summed E-state index contributed by atoms with van der Waals surface area (Å²) in [5.74, 6) is 1.80. The third-order valence-electron chi connectivity index (χ3n) is 3.52. The normalized spacial score (nSPS) is 45.0. The lowest BCUT2D eigenvalue weighted by molar-refractivity contribution is 0.294. The fourth-order valence-corrected chi connectivity index (χ4v) is 2.81. The van der Waals surface area contributed by atoms with Crippen LogP contribution in [-0.2, 0) is 0 Å². The van der Waals surface area contributed by atoms with E-state index in [0.29, 0.717) is 0 Å². The van der Waals surface area contributed by atoms with E-state index in [9.17, 15) is 4.39 Å². The zero-order valence-corrected chi connectivity index (χ0v) is 7.06. The Morgan fingerprint density at radius 3 is 1.82 bits per heavy atom. The minimum Gasteiger partial charge on any atom is -0.247 e. The van der Waals surface area contributed by atoms with Gasteiger partial charge in [0.2, 0.25) is 0 Å². The van der Waals surface area contributed by atoms with Gasteiger partial charge in [0.05, 0.1) is 0 Å². The van der Waals surface area contributed by atoms with Crippen LogP contribution >= 0.6 is 0 Å². The third-order valence-corrected chi connectivity index (χ3v) is 3.52. The zero-order chi connectivity index (χ0) is 7.68. The summed E-state index contributed by atoms with van der Waals surface area (Å²) in [6.07, 6.45) is 7.75. The Kier molecular flexibility index (Phi) is 2.15. The molecule has 2 rings (SSSR count). The van der Waals surface area contributed by atoms with Gasteiger partial charge in [-0.2, -0.15) is 0 Å². The fourth-order valence-electron chi connectivity index (χ4n) is 2.81. The first kappa shape index (κ1) is 7.57. The van der Waals surface area contributed by atoms with E-state index in [4.69, 9.17) is 0 Å². The van der Waals surface area contributed by atoms with Crippen molar-refractivity contribution in [2.75, 3.05) is 0 Å². The van der Waals surface area contributed by atoms with Crippen molar-refractivity contribution >= 4 is 0 Å². The van der Waals surface area contributed by atoms with Gasteiger partial charge in [-0.05, 0) is 37.5 Å². The van der Waals surface area contributed by atoms with Gasteiger partial charge in [-0.15, -0.1) is 0 Å². The second-order valence-electron chi connectivity index (χ2n) is 4.20. The molecule has 0 aromatic heterocycles. The number of fused-ring (bicyclic) bond motifs is 1. The van der Waals surface area contributed by atoms with E-state index < -0.39 is 6.17 Å². The molecule has 0 aromatic rings. The van der Waals surface area contributed by atoms with E-state index in [1.807, 2.05) is 0 Å². The Bertz CT molecular complexity index is 119. The summed E-state index contributed by atoms with van der Waals surface area (Å²) >= 11 is 0. The number of hydrogen-bond acceptors (Lipinski definition) is 0. The fraction of sp³-hybridized carbons (Fsp3) is 1.00. The maximum absolute atomic E-state index is 13.0. The monoisotopic (exact) mass is 156 g/mol. The molecule has 2 aliphatic rings. The predicted molar refractivity (Wildman–Crippen MR) is 44.2 cm³/mol. The molecule has 0 aliphatic heterocycles. The first-order valence-electron chi connectivity index (χ1n) is 5.00. The summed E-state index contributed by atoms with van der Waals surface area (Å²) in [5.41, 5.74) is 0. The van der Waals surface area contributed by atoms with Crippen LogP contribution in [0, 0.1) is 11.8 Å². The largest absolute Gasteiger partial charge is 0.247 e. The van der Waals surface area contributed by atoms with Crippen LogP contribution in [0.2, 0.25) is 0 Å². The lowest BCUT2D eigenvalue weighted by atomic mass is 9.92. The molecule has 2 unspecified atom stereocenters. The smallest absolute Gasteiger partial charge is 0.100 e. The van der Waals surface area contributed by atoms with Gasteiger partial charge in [0.1, 0.15) is 6.17 Å². The average Bonchev–Trinajstić information content (AvgIpc) is 2.38. The quantitative estimate of drug-likeness (QED) is 0.504. The Hall–Kier alpha value is -0.0700. The SMILES string of the molecule is FC1CCC2CCCC2CC1. The molecule has 0 nitrogen and oxygen atoms in total. The van der Waals surface area contributed by atoms with Gasteiger partial charge in [-0.3, -0.25) is 0 Å².